The smallest absolute Gasteiger partial charge is 0.417 e. The number of pyridine rings is 1. The van der Waals surface area contributed by atoms with Crippen LogP contribution in [0, 0.1) is 10.1 Å². The van der Waals surface area contributed by atoms with Crippen molar-refractivity contribution in [3.05, 3.63) is 62.8 Å². The Balaban J connectivity index is 2.23. The molecule has 0 N–H and O–H groups in total. The number of halogens is 4. The Morgan fingerprint density at radius 2 is 2.04 bits per heavy atom. The summed E-state index contributed by atoms with van der Waals surface area (Å²) in [5.74, 6) is -0.973. The number of nitro groups is 1. The zero-order valence-corrected chi connectivity index (χ0v) is 12.5. The lowest BCUT2D eigenvalue weighted by atomic mass is 10.1. The molecule has 0 aliphatic heterocycles. The van der Waals surface area contributed by atoms with Gasteiger partial charge in [-0.2, -0.15) is 13.2 Å². The fourth-order valence-corrected chi connectivity index (χ4v) is 1.91. The van der Waals surface area contributed by atoms with E-state index in [-0.39, 0.29) is 22.2 Å². The molecule has 0 amide bonds. The van der Waals surface area contributed by atoms with Gasteiger partial charge in [0, 0.05) is 16.7 Å². The van der Waals surface area contributed by atoms with Gasteiger partial charge in [-0.15, -0.1) is 0 Å². The second-order valence-corrected chi connectivity index (χ2v) is 4.96. The molecule has 0 bridgehead atoms. The van der Waals surface area contributed by atoms with Crippen LogP contribution in [0.25, 0.3) is 0 Å². The molecule has 0 saturated heterocycles. The van der Waals surface area contributed by atoms with Crippen LogP contribution in [-0.4, -0.2) is 22.2 Å². The van der Waals surface area contributed by atoms with Gasteiger partial charge in [0.1, 0.15) is 10.8 Å². The summed E-state index contributed by atoms with van der Waals surface area (Å²) in [4.78, 5) is 24.7. The fourth-order valence-electron chi connectivity index (χ4n) is 1.71. The second kappa shape index (κ2) is 6.83. The molecule has 1 heterocycles. The minimum Gasteiger partial charge on any atom is -0.438 e. The van der Waals surface area contributed by atoms with E-state index >= 15 is 0 Å². The number of benzene rings is 1. The van der Waals surface area contributed by atoms with E-state index < -0.39 is 29.0 Å². The molecule has 126 valence electrons. The Kier molecular flexibility index (Phi) is 5.03. The van der Waals surface area contributed by atoms with Gasteiger partial charge in [-0.05, 0) is 18.2 Å². The summed E-state index contributed by atoms with van der Waals surface area (Å²) in [7, 11) is 0. The Bertz CT molecular complexity index is 796. The lowest BCUT2D eigenvalue weighted by molar-refractivity contribution is -0.465. The normalized spacial score (nSPS) is 11.2. The highest BCUT2D eigenvalue weighted by Gasteiger charge is 2.31. The van der Waals surface area contributed by atoms with Gasteiger partial charge in [0.25, 0.3) is 6.54 Å². The third kappa shape index (κ3) is 4.42. The van der Waals surface area contributed by atoms with Crippen LogP contribution >= 0.6 is 11.6 Å². The summed E-state index contributed by atoms with van der Waals surface area (Å²) in [6, 6.07) is 6.02. The number of carbonyl (C=O) groups excluding carboxylic acids is 1. The predicted molar refractivity (Wildman–Crippen MR) is 77.0 cm³/mol. The van der Waals surface area contributed by atoms with E-state index in [2.05, 4.69) is 4.98 Å². The van der Waals surface area contributed by atoms with Gasteiger partial charge in [0.15, 0.2) is 0 Å². The van der Waals surface area contributed by atoms with Crippen molar-refractivity contribution in [2.24, 2.45) is 0 Å². The minimum absolute atomic E-state index is 0.0206. The number of hydrogen-bond acceptors (Lipinski definition) is 5. The highest BCUT2D eigenvalue weighted by atomic mass is 35.5. The van der Waals surface area contributed by atoms with Crippen molar-refractivity contribution in [2.75, 3.05) is 6.54 Å². The first-order valence-electron chi connectivity index (χ1n) is 6.32. The molecule has 0 spiro atoms. The maximum absolute atomic E-state index is 12.5. The number of hydrogen-bond donors (Lipinski definition) is 0. The average molecular weight is 361 g/mol. The number of carbonyl (C=O) groups is 1. The van der Waals surface area contributed by atoms with Crippen molar-refractivity contribution in [3.8, 4) is 11.6 Å². The highest BCUT2D eigenvalue weighted by Crippen LogP contribution is 2.34. The zero-order valence-electron chi connectivity index (χ0n) is 11.7. The molecular formula is C14H8ClF3N2O4. The van der Waals surface area contributed by atoms with Gasteiger partial charge in [-0.3, -0.25) is 14.9 Å². The van der Waals surface area contributed by atoms with Crippen LogP contribution in [-0.2, 0) is 6.18 Å². The van der Waals surface area contributed by atoms with Gasteiger partial charge in [0.05, 0.1) is 5.56 Å². The molecule has 10 heteroatoms. The van der Waals surface area contributed by atoms with Gasteiger partial charge < -0.3 is 4.74 Å². The number of alkyl halides is 3. The van der Waals surface area contributed by atoms with Gasteiger partial charge >= 0.3 is 6.18 Å². The Labute approximate surface area is 138 Å². The SMILES string of the molecule is O=C(C[N+](=O)[O-])c1cccc(Oc2ncc(C(F)(F)F)cc2Cl)c1. The molecule has 24 heavy (non-hydrogen) atoms. The summed E-state index contributed by atoms with van der Waals surface area (Å²) in [6.45, 7) is -0.886. The van der Waals surface area contributed by atoms with E-state index in [4.69, 9.17) is 16.3 Å². The first-order chi connectivity index (χ1) is 11.2. The van der Waals surface area contributed by atoms with Crippen molar-refractivity contribution in [2.45, 2.75) is 6.18 Å². The topological polar surface area (TPSA) is 82.3 Å². The maximum atomic E-state index is 12.5. The van der Waals surface area contributed by atoms with E-state index in [0.717, 1.165) is 0 Å². The van der Waals surface area contributed by atoms with E-state index in [0.29, 0.717) is 12.3 Å². The van der Waals surface area contributed by atoms with Crippen LogP contribution in [0.15, 0.2) is 36.5 Å². The molecule has 0 unspecified atom stereocenters. The molecule has 2 rings (SSSR count). The van der Waals surface area contributed by atoms with E-state index in [1.807, 2.05) is 0 Å². The average Bonchev–Trinajstić information content (AvgIpc) is 2.48. The molecular weight excluding hydrogens is 353 g/mol. The van der Waals surface area contributed by atoms with E-state index in [1.165, 1.54) is 24.3 Å². The largest absolute Gasteiger partial charge is 0.438 e. The zero-order chi connectivity index (χ0) is 17.9. The van der Waals surface area contributed by atoms with Crippen molar-refractivity contribution < 1.29 is 27.6 Å². The summed E-state index contributed by atoms with van der Waals surface area (Å²) < 4.78 is 42.9. The van der Waals surface area contributed by atoms with Gasteiger partial charge in [0.2, 0.25) is 11.7 Å². The maximum Gasteiger partial charge on any atom is 0.417 e. The van der Waals surface area contributed by atoms with Gasteiger partial charge in [-0.1, -0.05) is 23.7 Å². The van der Waals surface area contributed by atoms with Crippen LogP contribution in [0.2, 0.25) is 5.02 Å². The number of ketones is 1. The first kappa shape index (κ1) is 17.7. The van der Waals surface area contributed by atoms with Crippen LogP contribution in [0.3, 0.4) is 0 Å². The Morgan fingerprint density at radius 1 is 1.33 bits per heavy atom. The molecule has 0 atom stereocenters. The fraction of sp³-hybridized carbons (Fsp3) is 0.143. The highest BCUT2D eigenvalue weighted by molar-refractivity contribution is 6.31. The first-order valence-corrected chi connectivity index (χ1v) is 6.70. The van der Waals surface area contributed by atoms with Crippen LogP contribution < -0.4 is 4.74 Å². The quantitative estimate of drug-likeness (QED) is 0.457. The van der Waals surface area contributed by atoms with Crippen molar-refractivity contribution in [1.29, 1.82) is 0 Å². The summed E-state index contributed by atoms with van der Waals surface area (Å²) in [5.41, 5.74) is -1.01. The number of aromatic nitrogens is 1. The molecule has 0 fully saturated rings. The molecule has 1 aromatic carbocycles. The molecule has 0 radical (unpaired) electrons. The van der Waals surface area contributed by atoms with E-state index in [9.17, 15) is 28.1 Å². The van der Waals surface area contributed by atoms with Crippen molar-refractivity contribution in [1.82, 2.24) is 4.98 Å². The molecule has 6 nitrogen and oxygen atoms in total. The lowest BCUT2D eigenvalue weighted by Crippen LogP contribution is -2.13. The summed E-state index contributed by atoms with van der Waals surface area (Å²) >= 11 is 5.71. The van der Waals surface area contributed by atoms with Crippen LogP contribution in [0.4, 0.5) is 13.2 Å². The predicted octanol–water partition coefficient (Wildman–Crippen LogP) is 4.01. The number of nitrogens with zero attached hydrogens (tertiary/aromatic N) is 2. The third-order valence-corrected chi connectivity index (χ3v) is 3.05. The monoisotopic (exact) mass is 360 g/mol. The van der Waals surface area contributed by atoms with Crippen molar-refractivity contribution >= 4 is 17.4 Å². The standard InChI is InChI=1S/C14H8ClF3N2O4/c15-11-5-9(14(16,17)18)6-19-13(11)24-10-3-1-2-8(4-10)12(21)7-20(22)23/h1-6H,7H2. The van der Waals surface area contributed by atoms with Crippen molar-refractivity contribution in [3.63, 3.8) is 0 Å². The summed E-state index contributed by atoms with van der Waals surface area (Å²) in [5, 5.41) is 9.98. The third-order valence-electron chi connectivity index (χ3n) is 2.78. The molecule has 0 saturated carbocycles. The Morgan fingerprint density at radius 3 is 2.62 bits per heavy atom. The molecule has 1 aromatic heterocycles. The molecule has 0 aliphatic carbocycles. The van der Waals surface area contributed by atoms with Crippen LogP contribution in [0.5, 0.6) is 11.6 Å². The van der Waals surface area contributed by atoms with Crippen LogP contribution in [0.1, 0.15) is 15.9 Å². The van der Waals surface area contributed by atoms with E-state index in [1.54, 1.807) is 0 Å². The molecule has 0 aliphatic rings. The Hall–Kier alpha value is -2.68. The second-order valence-electron chi connectivity index (χ2n) is 4.55. The van der Waals surface area contributed by atoms with Gasteiger partial charge in [-0.25, -0.2) is 4.98 Å². The molecule has 2 aromatic rings. The number of rotatable bonds is 5. The number of Topliss-reactive ketones (excluding diaryl/α,β-unsaturated/α-hetero) is 1. The lowest BCUT2D eigenvalue weighted by Gasteiger charge is -2.10. The minimum atomic E-state index is -4.59. The number of ether oxygens (including phenoxy) is 1. The summed E-state index contributed by atoms with van der Waals surface area (Å²) in [6.07, 6.45) is -4.03.